The molecule has 0 saturated heterocycles. The Morgan fingerprint density at radius 3 is 2.73 bits per heavy atom. The standard InChI is InChI=1S/C17H18N6O3/c1-10-6-4-5-7-13(10)9-22-12(3)15(11(2)21-22)19-17(24)16-14(23(25)26)8-18-20-16/h4-8H,9H2,1-3H3,(H,18,20)(H,19,24). The maximum atomic E-state index is 12.4. The van der Waals surface area contributed by atoms with E-state index in [4.69, 9.17) is 0 Å². The van der Waals surface area contributed by atoms with E-state index in [-0.39, 0.29) is 11.4 Å². The summed E-state index contributed by atoms with van der Waals surface area (Å²) in [6.45, 7) is 6.22. The van der Waals surface area contributed by atoms with E-state index < -0.39 is 10.8 Å². The van der Waals surface area contributed by atoms with Crippen LogP contribution in [0.2, 0.25) is 0 Å². The highest BCUT2D eigenvalue weighted by Crippen LogP contribution is 2.23. The Morgan fingerprint density at radius 2 is 2.04 bits per heavy atom. The molecule has 1 amide bonds. The van der Waals surface area contributed by atoms with E-state index in [1.807, 2.05) is 38.1 Å². The second-order valence-electron chi connectivity index (χ2n) is 5.97. The van der Waals surface area contributed by atoms with E-state index >= 15 is 0 Å². The molecule has 9 nitrogen and oxygen atoms in total. The fraction of sp³-hybridized carbons (Fsp3) is 0.235. The number of hydrogen-bond donors (Lipinski definition) is 2. The fourth-order valence-electron chi connectivity index (χ4n) is 2.74. The molecule has 0 atom stereocenters. The number of nitro groups is 1. The van der Waals surface area contributed by atoms with Gasteiger partial charge in [-0.1, -0.05) is 24.3 Å². The van der Waals surface area contributed by atoms with Crippen LogP contribution in [0.25, 0.3) is 0 Å². The largest absolute Gasteiger partial charge is 0.319 e. The van der Waals surface area contributed by atoms with Crippen molar-refractivity contribution in [3.05, 3.63) is 68.8 Å². The van der Waals surface area contributed by atoms with Gasteiger partial charge in [-0.2, -0.15) is 10.2 Å². The third-order valence-corrected chi connectivity index (χ3v) is 4.24. The first-order valence-corrected chi connectivity index (χ1v) is 7.96. The smallest absolute Gasteiger partial charge is 0.317 e. The molecule has 3 rings (SSSR count). The molecule has 1 aromatic carbocycles. The summed E-state index contributed by atoms with van der Waals surface area (Å²) >= 11 is 0. The molecule has 26 heavy (non-hydrogen) atoms. The van der Waals surface area contributed by atoms with Crippen molar-refractivity contribution in [2.75, 3.05) is 5.32 Å². The lowest BCUT2D eigenvalue weighted by molar-refractivity contribution is -0.385. The van der Waals surface area contributed by atoms with Gasteiger partial charge in [0.05, 0.1) is 28.5 Å². The van der Waals surface area contributed by atoms with Crippen LogP contribution >= 0.6 is 0 Å². The molecule has 2 heterocycles. The maximum Gasteiger partial charge on any atom is 0.319 e. The Hall–Kier alpha value is -3.49. The first kappa shape index (κ1) is 17.3. The highest BCUT2D eigenvalue weighted by Gasteiger charge is 2.24. The fourth-order valence-corrected chi connectivity index (χ4v) is 2.74. The molecule has 9 heteroatoms. The van der Waals surface area contributed by atoms with Crippen molar-refractivity contribution >= 4 is 17.3 Å². The molecular weight excluding hydrogens is 336 g/mol. The van der Waals surface area contributed by atoms with Gasteiger partial charge in [-0.05, 0) is 31.9 Å². The van der Waals surface area contributed by atoms with Crippen LogP contribution in [0.4, 0.5) is 11.4 Å². The van der Waals surface area contributed by atoms with Crippen LogP contribution in [0.15, 0.2) is 30.5 Å². The molecule has 0 aliphatic carbocycles. The Kier molecular flexibility index (Phi) is 4.53. The summed E-state index contributed by atoms with van der Waals surface area (Å²) in [6.07, 6.45) is 1.01. The third-order valence-electron chi connectivity index (χ3n) is 4.24. The number of nitrogens with zero attached hydrogens (tertiary/aromatic N) is 4. The Bertz CT molecular complexity index is 988. The minimum Gasteiger partial charge on any atom is -0.317 e. The number of nitrogens with one attached hydrogen (secondary N) is 2. The topological polar surface area (TPSA) is 119 Å². The first-order chi connectivity index (χ1) is 12.4. The van der Waals surface area contributed by atoms with Crippen molar-refractivity contribution in [1.29, 1.82) is 0 Å². The van der Waals surface area contributed by atoms with Gasteiger partial charge in [0.25, 0.3) is 5.91 Å². The van der Waals surface area contributed by atoms with Gasteiger partial charge in [0.1, 0.15) is 6.20 Å². The molecule has 0 radical (unpaired) electrons. The van der Waals surface area contributed by atoms with Crippen molar-refractivity contribution < 1.29 is 9.72 Å². The van der Waals surface area contributed by atoms with Crippen molar-refractivity contribution in [3.63, 3.8) is 0 Å². The highest BCUT2D eigenvalue weighted by atomic mass is 16.6. The first-order valence-electron chi connectivity index (χ1n) is 7.96. The number of rotatable bonds is 5. The lowest BCUT2D eigenvalue weighted by Crippen LogP contribution is -2.15. The van der Waals surface area contributed by atoms with Gasteiger partial charge in [0, 0.05) is 0 Å². The third kappa shape index (κ3) is 3.18. The molecule has 0 fully saturated rings. The number of H-pyrrole nitrogens is 1. The van der Waals surface area contributed by atoms with Crippen LogP contribution in [0, 0.1) is 30.9 Å². The summed E-state index contributed by atoms with van der Waals surface area (Å²) < 4.78 is 1.80. The van der Waals surface area contributed by atoms with E-state index in [9.17, 15) is 14.9 Å². The van der Waals surface area contributed by atoms with Gasteiger partial charge in [0.2, 0.25) is 5.69 Å². The van der Waals surface area contributed by atoms with Gasteiger partial charge in [-0.25, -0.2) is 0 Å². The van der Waals surface area contributed by atoms with Crippen LogP contribution < -0.4 is 5.32 Å². The minimum atomic E-state index is -0.653. The molecule has 2 aromatic heterocycles. The molecule has 0 bridgehead atoms. The average Bonchev–Trinajstić information content (AvgIpc) is 3.18. The summed E-state index contributed by atoms with van der Waals surface area (Å²) in [7, 11) is 0. The average molecular weight is 354 g/mol. The van der Waals surface area contributed by atoms with Crippen LogP contribution in [-0.2, 0) is 6.54 Å². The van der Waals surface area contributed by atoms with E-state index in [1.165, 1.54) is 0 Å². The lowest BCUT2D eigenvalue weighted by atomic mass is 10.1. The zero-order valence-corrected chi connectivity index (χ0v) is 14.6. The molecule has 2 N–H and O–H groups in total. The van der Waals surface area contributed by atoms with Gasteiger partial charge >= 0.3 is 5.69 Å². The van der Waals surface area contributed by atoms with Gasteiger partial charge in [0.15, 0.2) is 0 Å². The number of aryl methyl sites for hydroxylation is 2. The van der Waals surface area contributed by atoms with E-state index in [0.29, 0.717) is 17.9 Å². The number of amides is 1. The predicted molar refractivity (Wildman–Crippen MR) is 95.2 cm³/mol. The maximum absolute atomic E-state index is 12.4. The number of anilines is 1. The zero-order chi connectivity index (χ0) is 18.8. The van der Waals surface area contributed by atoms with Gasteiger partial charge < -0.3 is 5.32 Å². The molecule has 134 valence electrons. The zero-order valence-electron chi connectivity index (χ0n) is 14.6. The van der Waals surface area contributed by atoms with Crippen molar-refractivity contribution in [2.45, 2.75) is 27.3 Å². The number of benzene rings is 1. The second-order valence-corrected chi connectivity index (χ2v) is 5.97. The SMILES string of the molecule is Cc1ccccc1Cn1nc(C)c(NC(=O)c2[nH]ncc2[N+](=O)[O-])c1C. The van der Waals surface area contributed by atoms with E-state index in [2.05, 4.69) is 20.6 Å². The number of aromatic nitrogens is 4. The van der Waals surface area contributed by atoms with E-state index in [1.54, 1.807) is 11.6 Å². The van der Waals surface area contributed by atoms with Crippen LogP contribution in [0.5, 0.6) is 0 Å². The molecule has 0 aliphatic rings. The van der Waals surface area contributed by atoms with Crippen molar-refractivity contribution in [3.8, 4) is 0 Å². The van der Waals surface area contributed by atoms with Crippen LogP contribution in [0.1, 0.15) is 33.0 Å². The van der Waals surface area contributed by atoms with Crippen LogP contribution in [0.3, 0.4) is 0 Å². The number of aromatic amines is 1. The number of hydrogen-bond acceptors (Lipinski definition) is 5. The van der Waals surface area contributed by atoms with Gasteiger partial charge in [-0.3, -0.25) is 24.7 Å². The summed E-state index contributed by atoms with van der Waals surface area (Å²) in [5.74, 6) is -0.629. The number of carbonyl (C=O) groups excluding carboxylic acids is 1. The van der Waals surface area contributed by atoms with E-state index in [0.717, 1.165) is 23.0 Å². The molecule has 0 spiro atoms. The second kappa shape index (κ2) is 6.79. The normalized spacial score (nSPS) is 10.7. The molecule has 0 unspecified atom stereocenters. The molecule has 3 aromatic rings. The monoisotopic (exact) mass is 354 g/mol. The molecule has 0 aliphatic heterocycles. The molecule has 0 saturated carbocycles. The highest BCUT2D eigenvalue weighted by molar-refractivity contribution is 6.06. The van der Waals surface area contributed by atoms with Gasteiger partial charge in [-0.15, -0.1) is 0 Å². The quantitative estimate of drug-likeness (QED) is 0.539. The Balaban J connectivity index is 1.86. The summed E-state index contributed by atoms with van der Waals surface area (Å²) in [5.41, 5.74) is 3.64. The summed E-state index contributed by atoms with van der Waals surface area (Å²) in [4.78, 5) is 22.7. The lowest BCUT2D eigenvalue weighted by Gasteiger charge is -2.08. The summed E-state index contributed by atoms with van der Waals surface area (Å²) in [5, 5.41) is 24.1. The van der Waals surface area contributed by atoms with Crippen molar-refractivity contribution in [1.82, 2.24) is 20.0 Å². The Labute approximate surface area is 149 Å². The Morgan fingerprint density at radius 1 is 1.31 bits per heavy atom. The predicted octanol–water partition coefficient (Wildman–Crippen LogP) is 2.74. The molecular formula is C17H18N6O3. The number of carbonyl (C=O) groups is 1. The summed E-state index contributed by atoms with van der Waals surface area (Å²) in [6, 6.07) is 8.00. The van der Waals surface area contributed by atoms with Crippen molar-refractivity contribution in [2.24, 2.45) is 0 Å². The van der Waals surface area contributed by atoms with Crippen LogP contribution in [-0.4, -0.2) is 30.8 Å². The minimum absolute atomic E-state index is 0.194.